The minimum absolute atomic E-state index is 1.19. The Balaban J connectivity index is 2.26. The van der Waals surface area contributed by atoms with E-state index in [2.05, 4.69) is 60.0 Å². The second kappa shape index (κ2) is 3.66. The van der Waals surface area contributed by atoms with E-state index >= 15 is 0 Å². The topological polar surface area (TPSA) is 12.9 Å². The third kappa shape index (κ3) is 1.26. The average Bonchev–Trinajstić information content (AvgIpc) is 2.76. The molecule has 0 unspecified atom stereocenters. The molecule has 21 heavy (non-hydrogen) atoms. The number of pyridine rings is 1. The van der Waals surface area contributed by atoms with Crippen LogP contribution in [-0.4, -0.2) is 18.3 Å². The molecule has 0 fully saturated rings. The summed E-state index contributed by atoms with van der Waals surface area (Å²) in [5.74, 6) is 5.02. The van der Waals surface area contributed by atoms with Crippen LogP contribution in [0, 0.1) is 0 Å². The molecule has 0 saturated carbocycles. The second-order valence-electron chi connectivity index (χ2n) is 6.48. The van der Waals surface area contributed by atoms with Crippen molar-refractivity contribution in [2.24, 2.45) is 0 Å². The molecule has 0 bridgehead atoms. The fourth-order valence-corrected chi connectivity index (χ4v) is 10.5. The Labute approximate surface area is 126 Å². The molecule has 0 spiro atoms. The number of nitrogens with zero attached hydrogens (tertiary/aromatic N) is 1. The van der Waals surface area contributed by atoms with Crippen molar-refractivity contribution in [1.82, 2.24) is 4.98 Å². The van der Waals surface area contributed by atoms with Gasteiger partial charge in [-0.25, -0.2) is 0 Å². The van der Waals surface area contributed by atoms with Gasteiger partial charge < -0.3 is 0 Å². The zero-order valence-electron chi connectivity index (χ0n) is 12.1. The summed E-state index contributed by atoms with van der Waals surface area (Å²) in [6.45, 7) is 0. The maximum atomic E-state index is 4.75. The fourth-order valence-electron chi connectivity index (χ4n) is 4.08. The molecule has 1 aromatic heterocycles. The number of hydrogen-bond donors (Lipinski definition) is 0. The van der Waals surface area contributed by atoms with Crippen LogP contribution < -0.4 is 8.79 Å². The monoisotopic (exact) mass is 331 g/mol. The Morgan fingerprint density at radius 2 is 1.43 bits per heavy atom. The summed E-state index contributed by atoms with van der Waals surface area (Å²) in [6.07, 6.45) is 2.01. The van der Waals surface area contributed by atoms with E-state index in [1.807, 2.05) is 6.20 Å². The van der Waals surface area contributed by atoms with Crippen LogP contribution in [0.1, 0.15) is 0 Å². The van der Waals surface area contributed by atoms with E-state index in [0.29, 0.717) is 0 Å². The number of rotatable bonds is 0. The van der Waals surface area contributed by atoms with Gasteiger partial charge in [0, 0.05) is 0 Å². The van der Waals surface area contributed by atoms with E-state index in [1.54, 1.807) is 8.79 Å². The first kappa shape index (κ1) is 11.8. The molecule has 4 aromatic rings. The summed E-state index contributed by atoms with van der Waals surface area (Å²) in [5, 5.41) is 6.96. The van der Waals surface area contributed by atoms with Crippen LogP contribution in [0.25, 0.3) is 32.4 Å². The third-order valence-corrected chi connectivity index (χ3v) is 12.5. The molecule has 2 heteroatoms. The molecule has 3 aromatic carbocycles. The van der Waals surface area contributed by atoms with Crippen LogP contribution >= 0.6 is 0 Å². The van der Waals surface area contributed by atoms with Gasteiger partial charge in [-0.2, -0.15) is 0 Å². The predicted octanol–water partition coefficient (Wildman–Crippen LogP) is 3.68. The van der Waals surface area contributed by atoms with Crippen LogP contribution in [0.3, 0.4) is 0 Å². The molecule has 2 heterocycles. The molecular weight excluding hydrogens is 315 g/mol. The molecule has 0 N–H and O–H groups in total. The first-order chi connectivity index (χ1) is 10.2. The molecule has 1 aliphatic rings. The number of hydrogen-bond acceptors (Lipinski definition) is 1. The van der Waals surface area contributed by atoms with Gasteiger partial charge in [-0.05, 0) is 0 Å². The van der Waals surface area contributed by atoms with E-state index in [-0.39, 0.29) is 0 Å². The van der Waals surface area contributed by atoms with Crippen molar-refractivity contribution in [3.63, 3.8) is 0 Å². The van der Waals surface area contributed by atoms with Crippen LogP contribution in [0.5, 0.6) is 0 Å². The van der Waals surface area contributed by atoms with Crippen LogP contribution in [-0.2, 0) is 0 Å². The summed E-state index contributed by atoms with van der Waals surface area (Å²) in [6, 6.07) is 17.9. The van der Waals surface area contributed by atoms with Gasteiger partial charge in [-0.1, -0.05) is 0 Å². The Kier molecular flexibility index (Phi) is 2.05. The van der Waals surface area contributed by atoms with Gasteiger partial charge in [-0.15, -0.1) is 0 Å². The average molecular weight is 330 g/mol. The van der Waals surface area contributed by atoms with E-state index in [1.165, 1.54) is 32.4 Å². The van der Waals surface area contributed by atoms with Crippen LogP contribution in [0.4, 0.5) is 0 Å². The van der Waals surface area contributed by atoms with Crippen molar-refractivity contribution in [1.29, 1.82) is 0 Å². The van der Waals surface area contributed by atoms with Gasteiger partial charge in [0.25, 0.3) is 0 Å². The molecule has 0 radical (unpaired) electrons. The number of benzene rings is 3. The van der Waals surface area contributed by atoms with Crippen molar-refractivity contribution in [3.8, 4) is 0 Å². The van der Waals surface area contributed by atoms with Gasteiger partial charge >= 0.3 is 126 Å². The summed E-state index contributed by atoms with van der Waals surface area (Å²) in [4.78, 5) is 4.75. The molecule has 0 saturated heterocycles. The van der Waals surface area contributed by atoms with Crippen LogP contribution in [0.15, 0.2) is 54.7 Å². The normalized spacial score (nSPS) is 15.5. The SMILES string of the molecule is [CH3][Ge]1([CH3])[c]2cccc3c4ccccc4c4ncc[c]1c4c23. The van der Waals surface area contributed by atoms with Gasteiger partial charge in [0.05, 0.1) is 0 Å². The Morgan fingerprint density at radius 3 is 2.29 bits per heavy atom. The molecule has 0 atom stereocenters. The van der Waals surface area contributed by atoms with Crippen LogP contribution in [0.2, 0.25) is 11.5 Å². The van der Waals surface area contributed by atoms with Crippen molar-refractivity contribution in [3.05, 3.63) is 54.7 Å². The first-order valence-electron chi connectivity index (χ1n) is 7.43. The first-order valence-corrected chi connectivity index (χ1v) is 13.7. The molecule has 100 valence electrons. The standard InChI is InChI=1S/C19H15GeN/c1-20(2)15-9-5-8-13-12-6-3-4-7-14(12)19-18(17(13)15)16(20)10-11-21-19/h3-11H,1-2H3. The summed E-state index contributed by atoms with van der Waals surface area (Å²) in [5.41, 5.74) is 1.19. The van der Waals surface area contributed by atoms with Gasteiger partial charge in [0.2, 0.25) is 0 Å². The van der Waals surface area contributed by atoms with E-state index in [9.17, 15) is 0 Å². The minimum atomic E-state index is -2.16. The van der Waals surface area contributed by atoms with E-state index in [0.717, 1.165) is 0 Å². The van der Waals surface area contributed by atoms with E-state index in [4.69, 9.17) is 4.98 Å². The zero-order valence-corrected chi connectivity index (χ0v) is 14.2. The van der Waals surface area contributed by atoms with Crippen molar-refractivity contribution in [2.45, 2.75) is 11.5 Å². The summed E-state index contributed by atoms with van der Waals surface area (Å²) < 4.78 is 3.21. The Hall–Kier alpha value is -1.87. The second-order valence-corrected chi connectivity index (χ2v) is 15.6. The summed E-state index contributed by atoms with van der Waals surface area (Å²) >= 11 is -2.16. The maximum absolute atomic E-state index is 4.75. The third-order valence-electron chi connectivity index (χ3n) is 5.08. The Morgan fingerprint density at radius 1 is 0.714 bits per heavy atom. The molecule has 5 rings (SSSR count). The predicted molar refractivity (Wildman–Crippen MR) is 93.5 cm³/mol. The van der Waals surface area contributed by atoms with Crippen molar-refractivity contribution < 1.29 is 0 Å². The van der Waals surface area contributed by atoms with Gasteiger partial charge in [0.1, 0.15) is 0 Å². The fraction of sp³-hybridized carbons (Fsp3) is 0.105. The van der Waals surface area contributed by atoms with Gasteiger partial charge in [-0.3, -0.25) is 0 Å². The van der Waals surface area contributed by atoms with Crippen molar-refractivity contribution in [2.75, 3.05) is 0 Å². The summed E-state index contributed by atoms with van der Waals surface area (Å²) in [7, 11) is 0. The molecular formula is C19H15GeN. The number of aromatic nitrogens is 1. The Bertz CT molecular complexity index is 979. The molecule has 1 nitrogen and oxygen atoms in total. The van der Waals surface area contributed by atoms with Crippen molar-refractivity contribution >= 4 is 54.5 Å². The quantitative estimate of drug-likeness (QED) is 0.354. The molecule has 0 amide bonds. The molecule has 1 aliphatic heterocycles. The molecule has 0 aliphatic carbocycles. The zero-order chi connectivity index (χ0) is 14.2. The van der Waals surface area contributed by atoms with Gasteiger partial charge in [0.15, 0.2) is 0 Å². The van der Waals surface area contributed by atoms with E-state index < -0.39 is 13.3 Å². The number of fused-ring (bicyclic) bond motifs is 3.